The van der Waals surface area contributed by atoms with E-state index in [2.05, 4.69) is 5.32 Å². The molecular formula is C12H16N2O4S. The number of hydrogen-bond donors (Lipinski definition) is 1. The lowest BCUT2D eigenvalue weighted by Gasteiger charge is -2.23. The molecule has 0 amide bonds. The summed E-state index contributed by atoms with van der Waals surface area (Å²) in [5.41, 5.74) is 1.18. The number of anilines is 1. The molecule has 0 saturated carbocycles. The Kier molecular flexibility index (Phi) is 3.75. The summed E-state index contributed by atoms with van der Waals surface area (Å²) >= 11 is 0. The number of hydrogen-bond acceptors (Lipinski definition) is 5. The number of nitrogens with one attached hydrogen (secondary N) is 1. The topological polar surface area (TPSA) is 89.3 Å². The first-order valence-electron chi connectivity index (χ1n) is 6.09. The Hall–Kier alpha value is -1.63. The fraction of sp³-hybridized carbons (Fsp3) is 0.500. The van der Waals surface area contributed by atoms with Crippen LogP contribution in [0.3, 0.4) is 0 Å². The van der Waals surface area contributed by atoms with Crippen molar-refractivity contribution in [2.24, 2.45) is 0 Å². The average Bonchev–Trinajstić information content (AvgIpc) is 2.30. The molecule has 1 aromatic carbocycles. The highest BCUT2D eigenvalue weighted by atomic mass is 32.2. The summed E-state index contributed by atoms with van der Waals surface area (Å²) in [6.07, 6.45) is 1.31. The Balaban J connectivity index is 2.21. The molecule has 104 valence electrons. The normalized spacial score (nSPS) is 21.8. The van der Waals surface area contributed by atoms with Gasteiger partial charge >= 0.3 is 0 Å². The van der Waals surface area contributed by atoms with Crippen LogP contribution in [-0.2, 0) is 9.84 Å². The molecule has 1 heterocycles. The van der Waals surface area contributed by atoms with E-state index in [1.165, 1.54) is 6.07 Å². The Labute approximate surface area is 111 Å². The Morgan fingerprint density at radius 3 is 2.79 bits per heavy atom. The number of nitro benzene ring substituents is 1. The Bertz CT molecular complexity index is 598. The number of nitrogens with zero attached hydrogens (tertiary/aromatic N) is 1. The van der Waals surface area contributed by atoms with E-state index in [-0.39, 0.29) is 23.2 Å². The largest absolute Gasteiger partial charge is 0.376 e. The maximum atomic E-state index is 11.6. The van der Waals surface area contributed by atoms with Crippen LogP contribution in [0, 0.1) is 17.0 Å². The van der Waals surface area contributed by atoms with Crippen LogP contribution in [0.4, 0.5) is 11.4 Å². The van der Waals surface area contributed by atoms with Gasteiger partial charge in [-0.25, -0.2) is 8.42 Å². The molecule has 1 aliphatic rings. The zero-order valence-corrected chi connectivity index (χ0v) is 11.4. The zero-order chi connectivity index (χ0) is 14.0. The van der Waals surface area contributed by atoms with Gasteiger partial charge in [-0.3, -0.25) is 10.1 Å². The fourth-order valence-electron chi connectivity index (χ4n) is 2.27. The van der Waals surface area contributed by atoms with Crippen molar-refractivity contribution in [3.05, 3.63) is 33.9 Å². The van der Waals surface area contributed by atoms with Crippen LogP contribution in [0.25, 0.3) is 0 Å². The lowest BCUT2D eigenvalue weighted by atomic mass is 10.1. The maximum absolute atomic E-state index is 11.6. The predicted molar refractivity (Wildman–Crippen MR) is 73.1 cm³/mol. The second-order valence-electron chi connectivity index (χ2n) is 4.88. The smallest absolute Gasteiger partial charge is 0.292 e. The van der Waals surface area contributed by atoms with Crippen molar-refractivity contribution in [2.75, 3.05) is 16.8 Å². The van der Waals surface area contributed by atoms with Crippen LogP contribution in [-0.4, -0.2) is 30.9 Å². The molecule has 1 unspecified atom stereocenters. The van der Waals surface area contributed by atoms with Gasteiger partial charge in [-0.2, -0.15) is 0 Å². The zero-order valence-electron chi connectivity index (χ0n) is 10.6. The summed E-state index contributed by atoms with van der Waals surface area (Å²) in [5.74, 6) is 0.249. The molecule has 1 aliphatic heterocycles. The van der Waals surface area contributed by atoms with Crippen molar-refractivity contribution in [3.8, 4) is 0 Å². The maximum Gasteiger partial charge on any atom is 0.292 e. The molecule has 0 spiro atoms. The molecule has 0 radical (unpaired) electrons. The third-order valence-corrected chi connectivity index (χ3v) is 4.99. The molecule has 1 saturated heterocycles. The Morgan fingerprint density at radius 1 is 1.42 bits per heavy atom. The molecule has 19 heavy (non-hydrogen) atoms. The van der Waals surface area contributed by atoms with Gasteiger partial charge in [0.25, 0.3) is 5.69 Å². The molecular weight excluding hydrogens is 268 g/mol. The molecule has 0 aromatic heterocycles. The molecule has 6 nitrogen and oxygen atoms in total. The lowest BCUT2D eigenvalue weighted by Crippen LogP contribution is -2.34. The van der Waals surface area contributed by atoms with Crippen molar-refractivity contribution < 1.29 is 13.3 Å². The van der Waals surface area contributed by atoms with Crippen LogP contribution in [0.5, 0.6) is 0 Å². The molecule has 7 heteroatoms. The lowest BCUT2D eigenvalue weighted by molar-refractivity contribution is -0.384. The fourth-order valence-corrected chi connectivity index (χ4v) is 3.91. The standard InChI is InChI=1S/C12H16N2O4S/c1-9-4-5-11(12(7-9)14(15)16)13-10-3-2-6-19(17,18)8-10/h4-5,7,10,13H,2-3,6,8H2,1H3. The second-order valence-corrected chi connectivity index (χ2v) is 7.10. The van der Waals surface area contributed by atoms with Crippen molar-refractivity contribution in [2.45, 2.75) is 25.8 Å². The minimum Gasteiger partial charge on any atom is -0.376 e. The number of aryl methyl sites for hydroxylation is 1. The van der Waals surface area contributed by atoms with Crippen LogP contribution in [0.1, 0.15) is 18.4 Å². The molecule has 1 fully saturated rings. The van der Waals surface area contributed by atoms with Gasteiger partial charge in [0.05, 0.1) is 16.4 Å². The highest BCUT2D eigenvalue weighted by molar-refractivity contribution is 7.91. The third-order valence-electron chi connectivity index (χ3n) is 3.17. The SMILES string of the molecule is Cc1ccc(NC2CCCS(=O)(=O)C2)c([N+](=O)[O-])c1. The van der Waals surface area contributed by atoms with Gasteiger partial charge in [-0.05, 0) is 31.4 Å². The summed E-state index contributed by atoms with van der Waals surface area (Å²) in [6, 6.07) is 4.64. The van der Waals surface area contributed by atoms with Gasteiger partial charge in [0.2, 0.25) is 0 Å². The van der Waals surface area contributed by atoms with E-state index in [4.69, 9.17) is 0 Å². The summed E-state index contributed by atoms with van der Waals surface area (Å²) in [5, 5.41) is 14.0. The highest BCUT2D eigenvalue weighted by Crippen LogP contribution is 2.27. The van der Waals surface area contributed by atoms with Crippen molar-refractivity contribution >= 4 is 21.2 Å². The van der Waals surface area contributed by atoms with Gasteiger partial charge in [0.1, 0.15) is 5.69 Å². The Morgan fingerprint density at radius 2 is 2.16 bits per heavy atom. The van der Waals surface area contributed by atoms with E-state index in [9.17, 15) is 18.5 Å². The monoisotopic (exact) mass is 284 g/mol. The number of rotatable bonds is 3. The summed E-state index contributed by atoms with van der Waals surface area (Å²) in [4.78, 5) is 10.5. The average molecular weight is 284 g/mol. The molecule has 2 rings (SSSR count). The van der Waals surface area contributed by atoms with Gasteiger partial charge in [-0.15, -0.1) is 0 Å². The number of benzene rings is 1. The van der Waals surface area contributed by atoms with Gasteiger partial charge in [0, 0.05) is 12.1 Å². The minimum atomic E-state index is -3.03. The summed E-state index contributed by atoms with van der Waals surface area (Å²) in [6.45, 7) is 1.78. The highest BCUT2D eigenvalue weighted by Gasteiger charge is 2.26. The second kappa shape index (κ2) is 5.16. The molecule has 1 atom stereocenters. The quantitative estimate of drug-likeness (QED) is 0.676. The van der Waals surface area contributed by atoms with Crippen LogP contribution < -0.4 is 5.32 Å². The molecule has 1 aromatic rings. The summed E-state index contributed by atoms with van der Waals surface area (Å²) < 4.78 is 23.1. The van der Waals surface area contributed by atoms with Crippen LogP contribution in [0.15, 0.2) is 18.2 Å². The van der Waals surface area contributed by atoms with E-state index in [1.807, 2.05) is 0 Å². The van der Waals surface area contributed by atoms with E-state index in [0.717, 1.165) is 5.56 Å². The number of nitro groups is 1. The third kappa shape index (κ3) is 3.44. The first-order chi connectivity index (χ1) is 8.87. The van der Waals surface area contributed by atoms with E-state index in [1.54, 1.807) is 19.1 Å². The van der Waals surface area contributed by atoms with Crippen molar-refractivity contribution in [1.29, 1.82) is 0 Å². The van der Waals surface area contributed by atoms with Gasteiger partial charge < -0.3 is 5.32 Å². The predicted octanol–water partition coefficient (Wildman–Crippen LogP) is 1.89. The minimum absolute atomic E-state index is 0.0111. The van der Waals surface area contributed by atoms with Gasteiger partial charge in [0.15, 0.2) is 9.84 Å². The molecule has 0 aliphatic carbocycles. The van der Waals surface area contributed by atoms with Crippen LogP contribution >= 0.6 is 0 Å². The molecule has 0 bridgehead atoms. The van der Waals surface area contributed by atoms with E-state index >= 15 is 0 Å². The first kappa shape index (κ1) is 13.8. The van der Waals surface area contributed by atoms with Gasteiger partial charge in [-0.1, -0.05) is 6.07 Å². The van der Waals surface area contributed by atoms with Crippen molar-refractivity contribution in [1.82, 2.24) is 0 Å². The van der Waals surface area contributed by atoms with Crippen molar-refractivity contribution in [3.63, 3.8) is 0 Å². The summed E-state index contributed by atoms with van der Waals surface area (Å²) in [7, 11) is -3.03. The number of sulfone groups is 1. The molecule has 1 N–H and O–H groups in total. The first-order valence-corrected chi connectivity index (χ1v) is 7.91. The van der Waals surface area contributed by atoms with E-state index < -0.39 is 14.8 Å². The van der Waals surface area contributed by atoms with Crippen LogP contribution in [0.2, 0.25) is 0 Å². The van der Waals surface area contributed by atoms with E-state index in [0.29, 0.717) is 18.5 Å².